The minimum absolute atomic E-state index is 0. The lowest BCUT2D eigenvalue weighted by atomic mass is 9.99. The molecule has 1 saturated heterocycles. The molecule has 0 spiro atoms. The maximum absolute atomic E-state index is 5.45. The number of methoxy groups -OCH3 is 2. The lowest BCUT2D eigenvalue weighted by Crippen LogP contribution is -2.44. The fourth-order valence-corrected chi connectivity index (χ4v) is 4.90. The fraction of sp³-hybridized carbons (Fsp3) is 0.650. The molecule has 1 aromatic rings. The molecule has 1 atom stereocenters. The minimum atomic E-state index is 0. The van der Waals surface area contributed by atoms with Crippen molar-refractivity contribution >= 4 is 41.7 Å². The van der Waals surface area contributed by atoms with Crippen LogP contribution in [0.25, 0.3) is 0 Å². The van der Waals surface area contributed by atoms with Crippen LogP contribution in [0.1, 0.15) is 24.0 Å². The average molecular weight is 520 g/mol. The van der Waals surface area contributed by atoms with E-state index in [9.17, 15) is 0 Å². The highest BCUT2D eigenvalue weighted by Crippen LogP contribution is 2.33. The van der Waals surface area contributed by atoms with Crippen molar-refractivity contribution in [3.8, 4) is 11.5 Å². The standard InChI is InChI=1S/C20H32N4O2S.HI/c1-21-20(23-13-17-5-4-10-27-17)22-7-9-24-8-6-15-11-18(25-2)19(26-3)12-16(15)14-24;/h11-12,17H,4-10,13-14H2,1-3H3,(H2,21,22,23);1H. The molecular weight excluding hydrogens is 487 g/mol. The molecular formula is C20H33IN4O2S. The van der Waals surface area contributed by atoms with E-state index in [1.54, 1.807) is 14.2 Å². The SMILES string of the molecule is CN=C(NCCN1CCc2cc(OC)c(OC)cc2C1)NCC1CCCS1.I. The smallest absolute Gasteiger partial charge is 0.191 e. The van der Waals surface area contributed by atoms with Gasteiger partial charge in [0, 0.05) is 45.0 Å². The van der Waals surface area contributed by atoms with Crippen molar-refractivity contribution in [2.75, 3.05) is 53.2 Å². The summed E-state index contributed by atoms with van der Waals surface area (Å²) in [6.45, 7) is 4.90. The molecule has 2 aliphatic rings. The third-order valence-electron chi connectivity index (χ3n) is 5.26. The summed E-state index contributed by atoms with van der Waals surface area (Å²) in [4.78, 5) is 6.82. The van der Waals surface area contributed by atoms with E-state index in [0.29, 0.717) is 0 Å². The van der Waals surface area contributed by atoms with Crippen LogP contribution in [0.3, 0.4) is 0 Å². The highest BCUT2D eigenvalue weighted by Gasteiger charge is 2.19. The Morgan fingerprint density at radius 1 is 1.21 bits per heavy atom. The van der Waals surface area contributed by atoms with Crippen LogP contribution in [0.4, 0.5) is 0 Å². The summed E-state index contributed by atoms with van der Waals surface area (Å²) >= 11 is 2.07. The normalized spacial score (nSPS) is 19.5. The van der Waals surface area contributed by atoms with E-state index in [0.717, 1.165) is 61.9 Å². The molecule has 1 fully saturated rings. The highest BCUT2D eigenvalue weighted by atomic mass is 127. The number of hydrogen-bond donors (Lipinski definition) is 2. The Labute approximate surface area is 190 Å². The van der Waals surface area contributed by atoms with Crippen molar-refractivity contribution in [2.24, 2.45) is 4.99 Å². The van der Waals surface area contributed by atoms with Gasteiger partial charge in [0.25, 0.3) is 0 Å². The van der Waals surface area contributed by atoms with Gasteiger partial charge in [-0.25, -0.2) is 0 Å². The first-order valence-electron chi connectivity index (χ1n) is 9.75. The van der Waals surface area contributed by atoms with Gasteiger partial charge in [0.1, 0.15) is 0 Å². The van der Waals surface area contributed by atoms with Gasteiger partial charge in [0.05, 0.1) is 14.2 Å². The monoisotopic (exact) mass is 520 g/mol. The van der Waals surface area contributed by atoms with Crippen LogP contribution in [-0.2, 0) is 13.0 Å². The van der Waals surface area contributed by atoms with Crippen LogP contribution < -0.4 is 20.1 Å². The molecule has 0 amide bonds. The van der Waals surface area contributed by atoms with Gasteiger partial charge in [-0.2, -0.15) is 11.8 Å². The predicted octanol–water partition coefficient (Wildman–Crippen LogP) is 2.74. The molecule has 2 N–H and O–H groups in total. The Kier molecular flexibility index (Phi) is 10.0. The molecule has 3 rings (SSSR count). The van der Waals surface area contributed by atoms with Crippen LogP contribution in [-0.4, -0.2) is 69.3 Å². The van der Waals surface area contributed by atoms with Gasteiger partial charge in [0.2, 0.25) is 0 Å². The summed E-state index contributed by atoms with van der Waals surface area (Å²) < 4.78 is 10.9. The van der Waals surface area contributed by atoms with E-state index in [-0.39, 0.29) is 24.0 Å². The Morgan fingerprint density at radius 3 is 2.61 bits per heavy atom. The van der Waals surface area contributed by atoms with Crippen LogP contribution in [0.15, 0.2) is 17.1 Å². The van der Waals surface area contributed by atoms with Crippen molar-refractivity contribution in [3.05, 3.63) is 23.3 Å². The van der Waals surface area contributed by atoms with E-state index in [1.807, 2.05) is 7.05 Å². The average Bonchev–Trinajstić information content (AvgIpc) is 3.22. The Balaban J connectivity index is 0.00000280. The number of fused-ring (bicyclic) bond motifs is 1. The highest BCUT2D eigenvalue weighted by molar-refractivity contribution is 14.0. The summed E-state index contributed by atoms with van der Waals surface area (Å²) in [5.74, 6) is 3.84. The number of halogens is 1. The molecule has 1 aromatic carbocycles. The van der Waals surface area contributed by atoms with E-state index in [2.05, 4.69) is 44.4 Å². The number of benzene rings is 1. The third kappa shape index (κ3) is 6.32. The zero-order valence-corrected chi connectivity index (χ0v) is 20.3. The molecule has 2 aliphatic heterocycles. The number of rotatable bonds is 7. The summed E-state index contributed by atoms with van der Waals surface area (Å²) in [7, 11) is 5.22. The van der Waals surface area contributed by atoms with Crippen molar-refractivity contribution < 1.29 is 9.47 Å². The third-order valence-corrected chi connectivity index (χ3v) is 6.66. The molecule has 0 aliphatic carbocycles. The van der Waals surface area contributed by atoms with E-state index >= 15 is 0 Å². The van der Waals surface area contributed by atoms with Gasteiger partial charge in [-0.15, -0.1) is 24.0 Å². The first-order valence-corrected chi connectivity index (χ1v) is 10.8. The number of aliphatic imine (C=N–C) groups is 1. The van der Waals surface area contributed by atoms with Gasteiger partial charge >= 0.3 is 0 Å². The minimum Gasteiger partial charge on any atom is -0.493 e. The quantitative estimate of drug-likeness (QED) is 0.328. The van der Waals surface area contributed by atoms with Crippen LogP contribution >= 0.6 is 35.7 Å². The maximum atomic E-state index is 5.45. The predicted molar refractivity (Wildman–Crippen MR) is 129 cm³/mol. The molecule has 0 bridgehead atoms. The second kappa shape index (κ2) is 12.0. The van der Waals surface area contributed by atoms with Gasteiger partial charge in [-0.05, 0) is 48.3 Å². The molecule has 1 unspecified atom stereocenters. The number of hydrogen-bond acceptors (Lipinski definition) is 5. The second-order valence-corrected chi connectivity index (χ2v) is 8.43. The van der Waals surface area contributed by atoms with E-state index in [1.165, 1.54) is 29.7 Å². The number of guanidine groups is 1. The number of nitrogens with one attached hydrogen (secondary N) is 2. The van der Waals surface area contributed by atoms with Crippen LogP contribution in [0, 0.1) is 0 Å². The molecule has 2 heterocycles. The maximum Gasteiger partial charge on any atom is 0.191 e. The van der Waals surface area contributed by atoms with Gasteiger partial charge < -0.3 is 20.1 Å². The van der Waals surface area contributed by atoms with E-state index < -0.39 is 0 Å². The Bertz CT molecular complexity index is 653. The molecule has 8 heteroatoms. The number of ether oxygens (including phenoxy) is 2. The van der Waals surface area contributed by atoms with Crippen molar-refractivity contribution in [2.45, 2.75) is 31.1 Å². The van der Waals surface area contributed by atoms with Gasteiger partial charge in [-0.1, -0.05) is 0 Å². The number of nitrogens with zero attached hydrogens (tertiary/aromatic N) is 2. The summed E-state index contributed by atoms with van der Waals surface area (Å²) in [6.07, 6.45) is 3.70. The zero-order chi connectivity index (χ0) is 19.1. The first-order chi connectivity index (χ1) is 13.2. The molecule has 6 nitrogen and oxygen atoms in total. The number of thioether (sulfide) groups is 1. The van der Waals surface area contributed by atoms with Gasteiger partial charge in [-0.3, -0.25) is 9.89 Å². The van der Waals surface area contributed by atoms with Crippen LogP contribution in [0.5, 0.6) is 11.5 Å². The van der Waals surface area contributed by atoms with Crippen molar-refractivity contribution in [1.29, 1.82) is 0 Å². The lowest BCUT2D eigenvalue weighted by molar-refractivity contribution is 0.256. The molecule has 0 saturated carbocycles. The molecule has 158 valence electrons. The molecule has 28 heavy (non-hydrogen) atoms. The molecule has 0 radical (unpaired) electrons. The molecule has 0 aromatic heterocycles. The largest absolute Gasteiger partial charge is 0.493 e. The lowest BCUT2D eigenvalue weighted by Gasteiger charge is -2.29. The Hall–Kier alpha value is -0.870. The van der Waals surface area contributed by atoms with Gasteiger partial charge in [0.15, 0.2) is 17.5 Å². The van der Waals surface area contributed by atoms with Crippen molar-refractivity contribution in [3.63, 3.8) is 0 Å². The summed E-state index contributed by atoms with van der Waals surface area (Å²) in [5.41, 5.74) is 2.70. The zero-order valence-electron chi connectivity index (χ0n) is 17.1. The fourth-order valence-electron chi connectivity index (χ4n) is 3.70. The summed E-state index contributed by atoms with van der Waals surface area (Å²) in [6, 6.07) is 4.24. The second-order valence-electron chi connectivity index (χ2n) is 7.02. The van der Waals surface area contributed by atoms with Crippen LogP contribution in [0.2, 0.25) is 0 Å². The Morgan fingerprint density at radius 2 is 1.96 bits per heavy atom. The first kappa shape index (κ1) is 23.4. The van der Waals surface area contributed by atoms with E-state index in [4.69, 9.17) is 9.47 Å². The topological polar surface area (TPSA) is 58.1 Å². The van der Waals surface area contributed by atoms with Crippen molar-refractivity contribution in [1.82, 2.24) is 15.5 Å². The summed E-state index contributed by atoms with van der Waals surface area (Å²) in [5, 5.41) is 7.64.